The van der Waals surface area contributed by atoms with Gasteiger partial charge in [0.1, 0.15) is 4.88 Å². The average molecular weight is 307 g/mol. The van der Waals surface area contributed by atoms with Gasteiger partial charge in [-0.1, -0.05) is 6.08 Å². The monoisotopic (exact) mass is 307 g/mol. The van der Waals surface area contributed by atoms with E-state index in [-0.39, 0.29) is 16.5 Å². The summed E-state index contributed by atoms with van der Waals surface area (Å²) in [5.41, 5.74) is 5.91. The molecule has 0 aromatic carbocycles. The zero-order valence-corrected chi connectivity index (χ0v) is 11.7. The Morgan fingerprint density at radius 2 is 2.25 bits per heavy atom. The van der Waals surface area contributed by atoms with Gasteiger partial charge in [0.2, 0.25) is 0 Å². The molecule has 1 aromatic rings. The molecule has 0 bridgehead atoms. The van der Waals surface area contributed by atoms with Gasteiger partial charge < -0.3 is 16.4 Å². The Labute approximate surface area is 118 Å². The van der Waals surface area contributed by atoms with Crippen molar-refractivity contribution in [3.63, 3.8) is 0 Å². The third-order valence-corrected chi connectivity index (χ3v) is 3.38. The highest BCUT2D eigenvalue weighted by molar-refractivity contribution is 7.18. The molecule has 8 heteroatoms. The fraction of sp³-hybridized carbons (Fsp3) is 0.417. The van der Waals surface area contributed by atoms with Crippen molar-refractivity contribution in [3.05, 3.63) is 23.6 Å². The molecule has 1 unspecified atom stereocenters. The minimum absolute atomic E-state index is 0.235. The Morgan fingerprint density at radius 1 is 1.60 bits per heavy atom. The lowest BCUT2D eigenvalue weighted by atomic mass is 10.2. The van der Waals surface area contributed by atoms with Gasteiger partial charge in [0.05, 0.1) is 17.1 Å². The molecule has 0 saturated heterocycles. The first-order valence-corrected chi connectivity index (χ1v) is 6.66. The summed E-state index contributed by atoms with van der Waals surface area (Å²) < 4.78 is 36.7. The maximum absolute atomic E-state index is 12.2. The van der Waals surface area contributed by atoms with Gasteiger partial charge in [-0.15, -0.1) is 17.9 Å². The van der Waals surface area contributed by atoms with Gasteiger partial charge in [0, 0.05) is 12.6 Å². The first kappa shape index (κ1) is 16.4. The standard InChI is InChI=1S/C12H16F3N3OS/c1-3-4-17-11(19)10-8(16)5-9(20-10)18-7(2)6-12(13,14)15/h3,5,7,18H,1,4,6,16H2,2H3,(H,17,19). The van der Waals surface area contributed by atoms with E-state index in [0.29, 0.717) is 11.5 Å². The van der Waals surface area contributed by atoms with Crippen LogP contribution in [-0.4, -0.2) is 24.7 Å². The summed E-state index contributed by atoms with van der Waals surface area (Å²) in [6.45, 7) is 5.18. The molecule has 1 rings (SSSR count). The lowest BCUT2D eigenvalue weighted by Gasteiger charge is -2.15. The van der Waals surface area contributed by atoms with Crippen molar-refractivity contribution >= 4 is 27.9 Å². The van der Waals surface area contributed by atoms with Crippen LogP contribution in [0.4, 0.5) is 23.9 Å². The van der Waals surface area contributed by atoms with Gasteiger partial charge in [-0.25, -0.2) is 0 Å². The van der Waals surface area contributed by atoms with Crippen LogP contribution in [0.25, 0.3) is 0 Å². The molecule has 1 aromatic heterocycles. The van der Waals surface area contributed by atoms with E-state index in [9.17, 15) is 18.0 Å². The van der Waals surface area contributed by atoms with Crippen molar-refractivity contribution in [1.29, 1.82) is 0 Å². The molecule has 1 amide bonds. The fourth-order valence-corrected chi connectivity index (χ4v) is 2.55. The van der Waals surface area contributed by atoms with E-state index >= 15 is 0 Å². The normalized spacial score (nSPS) is 12.8. The van der Waals surface area contributed by atoms with Crippen molar-refractivity contribution in [1.82, 2.24) is 5.32 Å². The molecule has 0 aliphatic heterocycles. The number of nitrogens with one attached hydrogen (secondary N) is 2. The third kappa shape index (κ3) is 5.12. The number of carbonyl (C=O) groups excluding carboxylic acids is 1. The van der Waals surface area contributed by atoms with Crippen molar-refractivity contribution in [2.45, 2.75) is 25.6 Å². The maximum Gasteiger partial charge on any atom is 0.391 e. The van der Waals surface area contributed by atoms with E-state index in [1.54, 1.807) is 0 Å². The summed E-state index contributed by atoms with van der Waals surface area (Å²) in [4.78, 5) is 12.0. The second kappa shape index (κ2) is 6.65. The van der Waals surface area contributed by atoms with Gasteiger partial charge in [0.15, 0.2) is 0 Å². The molecule has 4 N–H and O–H groups in total. The minimum Gasteiger partial charge on any atom is -0.397 e. The predicted octanol–water partition coefficient (Wildman–Crippen LogP) is 3.00. The van der Waals surface area contributed by atoms with Gasteiger partial charge in [0.25, 0.3) is 5.91 Å². The number of thiophene rings is 1. The Balaban J connectivity index is 2.70. The summed E-state index contributed by atoms with van der Waals surface area (Å²) in [6.07, 6.45) is -3.67. The summed E-state index contributed by atoms with van der Waals surface area (Å²) in [6, 6.07) is 0.664. The number of hydrogen-bond donors (Lipinski definition) is 3. The van der Waals surface area contributed by atoms with Crippen molar-refractivity contribution in [2.24, 2.45) is 0 Å². The first-order valence-electron chi connectivity index (χ1n) is 5.84. The number of nitrogens with two attached hydrogens (primary N) is 1. The summed E-state index contributed by atoms with van der Waals surface area (Å²) in [5, 5.41) is 5.68. The number of carbonyl (C=O) groups is 1. The van der Waals surface area contributed by atoms with E-state index in [2.05, 4.69) is 17.2 Å². The van der Waals surface area contributed by atoms with Gasteiger partial charge >= 0.3 is 6.18 Å². The van der Waals surface area contributed by atoms with Crippen LogP contribution in [-0.2, 0) is 0 Å². The van der Waals surface area contributed by atoms with E-state index in [4.69, 9.17) is 5.73 Å². The highest BCUT2D eigenvalue weighted by Crippen LogP contribution is 2.31. The number of alkyl halides is 3. The van der Waals surface area contributed by atoms with Crippen LogP contribution in [0.15, 0.2) is 18.7 Å². The number of anilines is 2. The number of amides is 1. The van der Waals surface area contributed by atoms with Crippen molar-refractivity contribution < 1.29 is 18.0 Å². The van der Waals surface area contributed by atoms with Crippen LogP contribution in [0.2, 0.25) is 0 Å². The van der Waals surface area contributed by atoms with Gasteiger partial charge in [-0.3, -0.25) is 4.79 Å². The van der Waals surface area contributed by atoms with Crippen molar-refractivity contribution in [2.75, 3.05) is 17.6 Å². The summed E-state index contributed by atoms with van der Waals surface area (Å²) >= 11 is 1.02. The van der Waals surface area contributed by atoms with E-state index < -0.39 is 18.6 Å². The molecule has 1 atom stereocenters. The van der Waals surface area contributed by atoms with E-state index in [1.807, 2.05) is 0 Å². The minimum atomic E-state index is -4.24. The number of nitrogen functional groups attached to an aromatic ring is 1. The smallest absolute Gasteiger partial charge is 0.391 e. The lowest BCUT2D eigenvalue weighted by molar-refractivity contribution is -0.136. The topological polar surface area (TPSA) is 67.2 Å². The molecule has 0 radical (unpaired) electrons. The highest BCUT2D eigenvalue weighted by atomic mass is 32.1. The van der Waals surface area contributed by atoms with Crippen LogP contribution < -0.4 is 16.4 Å². The molecule has 0 saturated carbocycles. The lowest BCUT2D eigenvalue weighted by Crippen LogP contribution is -2.23. The second-order valence-corrected chi connectivity index (χ2v) is 5.31. The average Bonchev–Trinajstić information content (AvgIpc) is 2.64. The number of rotatable bonds is 6. The SMILES string of the molecule is C=CCNC(=O)c1sc(NC(C)CC(F)(F)F)cc1N. The van der Waals surface area contributed by atoms with Crippen LogP contribution in [0.1, 0.15) is 23.0 Å². The maximum atomic E-state index is 12.2. The quantitative estimate of drug-likeness (QED) is 0.708. The van der Waals surface area contributed by atoms with Crippen LogP contribution in [0, 0.1) is 0 Å². The molecule has 0 aliphatic carbocycles. The molecule has 112 valence electrons. The summed E-state index contributed by atoms with van der Waals surface area (Å²) in [5.74, 6) is -0.371. The number of halogens is 3. The number of hydrogen-bond acceptors (Lipinski definition) is 4. The van der Waals surface area contributed by atoms with Crippen LogP contribution in [0.3, 0.4) is 0 Å². The third-order valence-electron chi connectivity index (χ3n) is 2.30. The van der Waals surface area contributed by atoms with Gasteiger partial charge in [-0.2, -0.15) is 13.2 Å². The molecule has 4 nitrogen and oxygen atoms in total. The highest BCUT2D eigenvalue weighted by Gasteiger charge is 2.30. The Morgan fingerprint density at radius 3 is 2.80 bits per heavy atom. The largest absolute Gasteiger partial charge is 0.397 e. The zero-order valence-electron chi connectivity index (χ0n) is 10.9. The predicted molar refractivity (Wildman–Crippen MR) is 75.0 cm³/mol. The molecule has 1 heterocycles. The Hall–Kier alpha value is -1.70. The molecular weight excluding hydrogens is 291 g/mol. The Kier molecular flexibility index (Phi) is 5.43. The fourth-order valence-electron chi connectivity index (χ4n) is 1.54. The molecule has 20 heavy (non-hydrogen) atoms. The van der Waals surface area contributed by atoms with E-state index in [0.717, 1.165) is 11.3 Å². The first-order chi connectivity index (χ1) is 9.23. The molecule has 0 fully saturated rings. The Bertz CT molecular complexity index is 485. The van der Waals surface area contributed by atoms with E-state index in [1.165, 1.54) is 19.1 Å². The van der Waals surface area contributed by atoms with Crippen LogP contribution >= 0.6 is 11.3 Å². The molecule has 0 aliphatic rings. The van der Waals surface area contributed by atoms with Gasteiger partial charge in [-0.05, 0) is 13.0 Å². The second-order valence-electron chi connectivity index (χ2n) is 4.26. The van der Waals surface area contributed by atoms with Crippen molar-refractivity contribution in [3.8, 4) is 0 Å². The molecular formula is C12H16F3N3OS. The zero-order chi connectivity index (χ0) is 15.3. The van der Waals surface area contributed by atoms with Crippen LogP contribution in [0.5, 0.6) is 0 Å². The molecule has 0 spiro atoms. The summed E-state index contributed by atoms with van der Waals surface area (Å²) in [7, 11) is 0.